The van der Waals surface area contributed by atoms with Gasteiger partial charge in [-0.3, -0.25) is 9.59 Å². The van der Waals surface area contributed by atoms with Gasteiger partial charge in [0.25, 0.3) is 0 Å². The van der Waals surface area contributed by atoms with Crippen molar-refractivity contribution < 1.29 is 9.59 Å². The highest BCUT2D eigenvalue weighted by Crippen LogP contribution is 2.21. The van der Waals surface area contributed by atoms with Crippen LogP contribution >= 0.6 is 0 Å². The van der Waals surface area contributed by atoms with Crippen LogP contribution in [0.5, 0.6) is 0 Å². The molecule has 1 aliphatic heterocycles. The van der Waals surface area contributed by atoms with Crippen molar-refractivity contribution in [2.24, 2.45) is 5.41 Å². The van der Waals surface area contributed by atoms with Gasteiger partial charge in [-0.2, -0.15) is 0 Å². The van der Waals surface area contributed by atoms with Gasteiger partial charge in [-0.25, -0.2) is 0 Å². The Morgan fingerprint density at radius 1 is 1.13 bits per heavy atom. The minimum Gasteiger partial charge on any atom is -0.343 e. The first-order chi connectivity index (χ1) is 6.86. The Bertz CT molecular complexity index is 268. The van der Waals surface area contributed by atoms with E-state index in [4.69, 9.17) is 0 Å². The second kappa shape index (κ2) is 4.21. The lowest BCUT2D eigenvalue weighted by Crippen LogP contribution is -2.65. The molecule has 1 heterocycles. The van der Waals surface area contributed by atoms with E-state index in [9.17, 15) is 9.59 Å². The molecule has 0 saturated carbocycles. The molecule has 1 rings (SSSR count). The van der Waals surface area contributed by atoms with Gasteiger partial charge < -0.3 is 10.6 Å². The molecular formula is C11H20N2O2. The molecule has 0 spiro atoms. The van der Waals surface area contributed by atoms with Crippen molar-refractivity contribution in [3.05, 3.63) is 0 Å². The lowest BCUT2D eigenvalue weighted by molar-refractivity contribution is -0.139. The lowest BCUT2D eigenvalue weighted by atomic mass is 9.84. The van der Waals surface area contributed by atoms with E-state index >= 15 is 0 Å². The zero-order valence-electron chi connectivity index (χ0n) is 9.89. The minimum absolute atomic E-state index is 0.0589. The molecule has 0 bridgehead atoms. The molecule has 0 aromatic heterocycles. The van der Waals surface area contributed by atoms with Crippen molar-refractivity contribution in [3.8, 4) is 0 Å². The molecule has 1 saturated heterocycles. The molecule has 0 aliphatic carbocycles. The Balaban J connectivity index is 2.71. The topological polar surface area (TPSA) is 58.2 Å². The summed E-state index contributed by atoms with van der Waals surface area (Å²) in [7, 11) is 0. The molecule has 0 aromatic rings. The summed E-state index contributed by atoms with van der Waals surface area (Å²) >= 11 is 0. The Hall–Kier alpha value is -1.06. The number of hydrogen-bond acceptors (Lipinski definition) is 2. The summed E-state index contributed by atoms with van der Waals surface area (Å²) in [4.78, 5) is 23.4. The number of carbonyl (C=O) groups is 2. The van der Waals surface area contributed by atoms with Gasteiger partial charge in [0.1, 0.15) is 12.1 Å². The van der Waals surface area contributed by atoms with Gasteiger partial charge in [-0.1, -0.05) is 34.1 Å². The fourth-order valence-electron chi connectivity index (χ4n) is 1.73. The van der Waals surface area contributed by atoms with E-state index in [2.05, 4.69) is 10.6 Å². The Kier molecular flexibility index (Phi) is 3.37. The maximum absolute atomic E-state index is 11.7. The standard InChI is InChI=1S/C11H20N2O2/c1-5-6-7-9(14)13-8(10(15)12-7)11(2,3)4/h7-8H,5-6H2,1-4H3,(H,12,15)(H,13,14). The summed E-state index contributed by atoms with van der Waals surface area (Å²) in [6.07, 6.45) is 1.59. The average molecular weight is 212 g/mol. The largest absolute Gasteiger partial charge is 0.343 e. The minimum atomic E-state index is -0.418. The zero-order valence-corrected chi connectivity index (χ0v) is 9.89. The second-order valence-electron chi connectivity index (χ2n) is 5.16. The Morgan fingerprint density at radius 2 is 1.73 bits per heavy atom. The highest BCUT2D eigenvalue weighted by Gasteiger charge is 2.39. The highest BCUT2D eigenvalue weighted by atomic mass is 16.2. The average Bonchev–Trinajstić information content (AvgIpc) is 2.09. The quantitative estimate of drug-likeness (QED) is 0.712. The molecule has 0 aromatic carbocycles. The molecule has 2 amide bonds. The number of rotatable bonds is 2. The van der Waals surface area contributed by atoms with Crippen molar-refractivity contribution in [1.29, 1.82) is 0 Å². The summed E-state index contributed by atoms with van der Waals surface area (Å²) in [5, 5.41) is 5.56. The summed E-state index contributed by atoms with van der Waals surface area (Å²) in [6.45, 7) is 7.82. The van der Waals surface area contributed by atoms with Gasteiger partial charge >= 0.3 is 0 Å². The van der Waals surface area contributed by atoms with E-state index in [-0.39, 0.29) is 23.3 Å². The first-order valence-corrected chi connectivity index (χ1v) is 5.47. The summed E-state index contributed by atoms with van der Waals surface area (Å²) in [6, 6.07) is -0.765. The fraction of sp³-hybridized carbons (Fsp3) is 0.818. The third-order valence-corrected chi connectivity index (χ3v) is 2.63. The van der Waals surface area contributed by atoms with Crippen LogP contribution in [0.3, 0.4) is 0 Å². The van der Waals surface area contributed by atoms with Gasteiger partial charge in [0.2, 0.25) is 11.8 Å². The van der Waals surface area contributed by atoms with Crippen LogP contribution in [0.2, 0.25) is 0 Å². The number of nitrogens with one attached hydrogen (secondary N) is 2. The van der Waals surface area contributed by atoms with Crippen molar-refractivity contribution in [2.75, 3.05) is 0 Å². The maximum atomic E-state index is 11.7. The molecule has 1 aliphatic rings. The van der Waals surface area contributed by atoms with Crippen LogP contribution in [0, 0.1) is 5.41 Å². The predicted octanol–water partition coefficient (Wildman–Crippen LogP) is 0.816. The molecular weight excluding hydrogens is 192 g/mol. The molecule has 1 fully saturated rings. The van der Waals surface area contributed by atoms with Gasteiger partial charge in [-0.15, -0.1) is 0 Å². The maximum Gasteiger partial charge on any atom is 0.243 e. The third-order valence-electron chi connectivity index (χ3n) is 2.63. The smallest absolute Gasteiger partial charge is 0.243 e. The first-order valence-electron chi connectivity index (χ1n) is 5.47. The van der Waals surface area contributed by atoms with Gasteiger partial charge in [0.05, 0.1) is 0 Å². The van der Waals surface area contributed by atoms with Crippen LogP contribution in [0.4, 0.5) is 0 Å². The van der Waals surface area contributed by atoms with Crippen LogP contribution in [0.15, 0.2) is 0 Å². The van der Waals surface area contributed by atoms with Crippen molar-refractivity contribution >= 4 is 11.8 Å². The number of carbonyl (C=O) groups excluding carboxylic acids is 2. The van der Waals surface area contributed by atoms with Crippen LogP contribution in [0.1, 0.15) is 40.5 Å². The second-order valence-corrected chi connectivity index (χ2v) is 5.16. The SMILES string of the molecule is CCCC1NC(=O)C(C(C)(C)C)NC1=O. The molecule has 2 atom stereocenters. The molecule has 15 heavy (non-hydrogen) atoms. The molecule has 2 unspecified atom stereocenters. The van der Waals surface area contributed by atoms with Gasteiger partial charge in [0, 0.05) is 0 Å². The normalized spacial score (nSPS) is 27.2. The molecule has 4 nitrogen and oxygen atoms in total. The molecule has 86 valence electrons. The van der Waals surface area contributed by atoms with E-state index in [1.165, 1.54) is 0 Å². The molecule has 2 N–H and O–H groups in total. The van der Waals surface area contributed by atoms with Crippen LogP contribution < -0.4 is 10.6 Å². The van der Waals surface area contributed by atoms with E-state index in [1.54, 1.807) is 0 Å². The third kappa shape index (κ3) is 2.70. The van der Waals surface area contributed by atoms with E-state index in [0.29, 0.717) is 6.42 Å². The predicted molar refractivity (Wildman–Crippen MR) is 58.2 cm³/mol. The fourth-order valence-corrected chi connectivity index (χ4v) is 1.73. The number of hydrogen-bond donors (Lipinski definition) is 2. The van der Waals surface area contributed by atoms with Gasteiger partial charge in [0.15, 0.2) is 0 Å². The molecule has 0 radical (unpaired) electrons. The number of amides is 2. The number of piperazine rings is 1. The summed E-state index contributed by atoms with van der Waals surface area (Å²) in [5.41, 5.74) is -0.239. The first kappa shape index (κ1) is 12.0. The van der Waals surface area contributed by atoms with E-state index in [0.717, 1.165) is 6.42 Å². The van der Waals surface area contributed by atoms with Crippen molar-refractivity contribution in [1.82, 2.24) is 10.6 Å². The van der Waals surface area contributed by atoms with E-state index in [1.807, 2.05) is 27.7 Å². The van der Waals surface area contributed by atoms with Gasteiger partial charge in [-0.05, 0) is 11.8 Å². The summed E-state index contributed by atoms with van der Waals surface area (Å²) < 4.78 is 0. The highest BCUT2D eigenvalue weighted by molar-refractivity contribution is 5.97. The van der Waals surface area contributed by atoms with Crippen LogP contribution in [-0.4, -0.2) is 23.9 Å². The zero-order chi connectivity index (χ0) is 11.6. The molecule has 4 heteroatoms. The van der Waals surface area contributed by atoms with Crippen LogP contribution in [-0.2, 0) is 9.59 Å². The Labute approximate surface area is 90.8 Å². The van der Waals surface area contributed by atoms with E-state index < -0.39 is 6.04 Å². The van der Waals surface area contributed by atoms with Crippen LogP contribution in [0.25, 0.3) is 0 Å². The van der Waals surface area contributed by atoms with Crippen molar-refractivity contribution in [2.45, 2.75) is 52.6 Å². The monoisotopic (exact) mass is 212 g/mol. The Morgan fingerprint density at radius 3 is 2.20 bits per heavy atom. The summed E-state index contributed by atoms with van der Waals surface area (Å²) in [5.74, 6) is -0.128. The van der Waals surface area contributed by atoms with Crippen molar-refractivity contribution in [3.63, 3.8) is 0 Å². The lowest BCUT2D eigenvalue weighted by Gasteiger charge is -2.36.